The topological polar surface area (TPSA) is 63.7 Å². The molecule has 1 aliphatic heterocycles. The Bertz CT molecular complexity index is 745. The number of ether oxygens (including phenoxy) is 1. The molecule has 0 spiro atoms. The zero-order chi connectivity index (χ0) is 18.4. The number of rotatable bonds is 7. The second-order valence-electron chi connectivity index (χ2n) is 6.16. The second-order valence-corrected chi connectivity index (χ2v) is 8.83. The summed E-state index contributed by atoms with van der Waals surface area (Å²) >= 11 is 6.00. The average molecular weight is 386 g/mol. The number of unbranched alkanes of at least 4 members (excludes halogenated alkanes) is 1. The molecule has 1 unspecified atom stereocenters. The molecule has 5 nitrogen and oxygen atoms in total. The summed E-state index contributed by atoms with van der Waals surface area (Å²) in [5.41, 5.74) is 0.706. The van der Waals surface area contributed by atoms with Gasteiger partial charge in [0.05, 0.1) is 18.6 Å². The number of halogens is 1. The third-order valence-corrected chi connectivity index (χ3v) is 6.27. The van der Waals surface area contributed by atoms with E-state index >= 15 is 0 Å². The van der Waals surface area contributed by atoms with Gasteiger partial charge in [-0.2, -0.15) is 0 Å². The molecule has 1 amide bonds. The van der Waals surface area contributed by atoms with Gasteiger partial charge in [-0.05, 0) is 37.1 Å². The van der Waals surface area contributed by atoms with E-state index < -0.39 is 9.84 Å². The van der Waals surface area contributed by atoms with Crippen LogP contribution in [-0.4, -0.2) is 50.4 Å². The molecule has 1 saturated heterocycles. The average Bonchev–Trinajstić information content (AvgIpc) is 2.93. The molecular formula is C18H24ClNO4S. The normalized spacial score (nSPS) is 19.2. The number of methoxy groups -OCH3 is 1. The zero-order valence-corrected chi connectivity index (χ0v) is 16.1. The van der Waals surface area contributed by atoms with E-state index in [2.05, 4.69) is 0 Å². The van der Waals surface area contributed by atoms with Crippen LogP contribution in [-0.2, 0) is 14.6 Å². The minimum absolute atomic E-state index is 0.0524. The first-order valence-corrected chi connectivity index (χ1v) is 10.6. The lowest BCUT2D eigenvalue weighted by Gasteiger charge is -2.27. The van der Waals surface area contributed by atoms with E-state index in [0.29, 0.717) is 29.3 Å². The molecule has 0 radical (unpaired) electrons. The maximum Gasteiger partial charge on any atom is 0.246 e. The lowest BCUT2D eigenvalue weighted by molar-refractivity contribution is -0.127. The SMILES string of the molecule is CCCCN(C(=O)/C=C/c1cc(Cl)ccc1OC)C1CCS(=O)(=O)C1. The monoisotopic (exact) mass is 385 g/mol. The van der Waals surface area contributed by atoms with Crippen molar-refractivity contribution in [2.24, 2.45) is 0 Å². The first-order valence-electron chi connectivity index (χ1n) is 8.39. The molecule has 138 valence electrons. The summed E-state index contributed by atoms with van der Waals surface area (Å²) < 4.78 is 28.8. The van der Waals surface area contributed by atoms with Gasteiger partial charge in [-0.3, -0.25) is 4.79 Å². The fourth-order valence-corrected chi connectivity index (χ4v) is 4.83. The van der Waals surface area contributed by atoms with Crippen molar-refractivity contribution >= 4 is 33.4 Å². The van der Waals surface area contributed by atoms with E-state index in [1.54, 1.807) is 36.3 Å². The summed E-state index contributed by atoms with van der Waals surface area (Å²) in [6, 6.07) is 4.94. The molecule has 25 heavy (non-hydrogen) atoms. The smallest absolute Gasteiger partial charge is 0.246 e. The van der Waals surface area contributed by atoms with Gasteiger partial charge >= 0.3 is 0 Å². The largest absolute Gasteiger partial charge is 0.496 e. The van der Waals surface area contributed by atoms with E-state index in [1.807, 2.05) is 6.92 Å². The van der Waals surface area contributed by atoms with Crippen molar-refractivity contribution in [3.8, 4) is 5.75 Å². The van der Waals surface area contributed by atoms with Crippen LogP contribution < -0.4 is 4.74 Å². The Kier molecular flexibility index (Phi) is 6.90. The predicted molar refractivity (Wildman–Crippen MR) is 101 cm³/mol. The Balaban J connectivity index is 2.18. The first kappa shape index (κ1) is 19.8. The van der Waals surface area contributed by atoms with E-state index in [4.69, 9.17) is 16.3 Å². The zero-order valence-electron chi connectivity index (χ0n) is 14.6. The van der Waals surface area contributed by atoms with Crippen molar-refractivity contribution in [2.75, 3.05) is 25.2 Å². The number of carbonyl (C=O) groups excluding carboxylic acids is 1. The van der Waals surface area contributed by atoms with Crippen molar-refractivity contribution in [1.82, 2.24) is 4.90 Å². The first-order chi connectivity index (χ1) is 11.9. The summed E-state index contributed by atoms with van der Waals surface area (Å²) in [4.78, 5) is 14.4. The molecule has 0 aliphatic carbocycles. The summed E-state index contributed by atoms with van der Waals surface area (Å²) in [5, 5.41) is 0.553. The molecule has 1 heterocycles. The Morgan fingerprint density at radius 3 is 2.80 bits per heavy atom. The van der Waals surface area contributed by atoms with Crippen molar-refractivity contribution in [2.45, 2.75) is 32.2 Å². The van der Waals surface area contributed by atoms with Crippen LogP contribution in [0.5, 0.6) is 5.75 Å². The van der Waals surface area contributed by atoms with Gasteiger partial charge in [0, 0.05) is 29.2 Å². The quantitative estimate of drug-likeness (QED) is 0.676. The molecule has 2 rings (SSSR count). The number of hydrogen-bond donors (Lipinski definition) is 0. The Hall–Kier alpha value is -1.53. The Labute approximate surface area is 154 Å². The van der Waals surface area contributed by atoms with Crippen LogP contribution in [0.25, 0.3) is 6.08 Å². The molecule has 1 fully saturated rings. The van der Waals surface area contributed by atoms with Gasteiger partial charge in [0.1, 0.15) is 5.75 Å². The highest BCUT2D eigenvalue weighted by atomic mass is 35.5. The van der Waals surface area contributed by atoms with Crippen LogP contribution >= 0.6 is 11.6 Å². The number of amides is 1. The molecule has 7 heteroatoms. The van der Waals surface area contributed by atoms with Crippen molar-refractivity contribution < 1.29 is 17.9 Å². The molecule has 1 aromatic rings. The molecule has 0 bridgehead atoms. The van der Waals surface area contributed by atoms with Gasteiger partial charge in [0.25, 0.3) is 0 Å². The molecule has 0 saturated carbocycles. The van der Waals surface area contributed by atoms with Crippen LogP contribution in [0, 0.1) is 0 Å². The number of carbonyl (C=O) groups is 1. The van der Waals surface area contributed by atoms with Crippen LogP contribution in [0.4, 0.5) is 0 Å². The van der Waals surface area contributed by atoms with E-state index in [9.17, 15) is 13.2 Å². The second kappa shape index (κ2) is 8.72. The van der Waals surface area contributed by atoms with Gasteiger partial charge in [-0.1, -0.05) is 24.9 Å². The van der Waals surface area contributed by atoms with Crippen LogP contribution in [0.3, 0.4) is 0 Å². The van der Waals surface area contributed by atoms with Gasteiger partial charge < -0.3 is 9.64 Å². The van der Waals surface area contributed by atoms with Crippen molar-refractivity contribution in [3.05, 3.63) is 34.9 Å². The summed E-state index contributed by atoms with van der Waals surface area (Å²) in [5.74, 6) is 0.644. The minimum Gasteiger partial charge on any atom is -0.496 e. The lowest BCUT2D eigenvalue weighted by Crippen LogP contribution is -2.40. The molecule has 1 atom stereocenters. The van der Waals surface area contributed by atoms with Gasteiger partial charge in [0.15, 0.2) is 9.84 Å². The van der Waals surface area contributed by atoms with Gasteiger partial charge in [-0.15, -0.1) is 0 Å². The Morgan fingerprint density at radius 1 is 1.44 bits per heavy atom. The molecule has 1 aliphatic rings. The third-order valence-electron chi connectivity index (χ3n) is 4.28. The number of hydrogen-bond acceptors (Lipinski definition) is 4. The summed E-state index contributed by atoms with van der Waals surface area (Å²) in [6.45, 7) is 2.60. The molecule has 1 aromatic carbocycles. The number of benzene rings is 1. The highest BCUT2D eigenvalue weighted by Gasteiger charge is 2.33. The standard InChI is InChI=1S/C18H24ClNO4S/c1-3-4-10-20(16-9-11-25(22,23)13-16)18(21)8-5-14-12-15(19)6-7-17(14)24-2/h5-8,12,16H,3-4,9-11,13H2,1-2H3/b8-5+. The lowest BCUT2D eigenvalue weighted by atomic mass is 10.1. The summed E-state index contributed by atoms with van der Waals surface area (Å²) in [7, 11) is -1.48. The van der Waals surface area contributed by atoms with Crippen molar-refractivity contribution in [1.29, 1.82) is 0 Å². The highest BCUT2D eigenvalue weighted by molar-refractivity contribution is 7.91. The third kappa shape index (κ3) is 5.47. The molecular weight excluding hydrogens is 362 g/mol. The minimum atomic E-state index is -3.04. The fourth-order valence-electron chi connectivity index (χ4n) is 2.91. The van der Waals surface area contributed by atoms with Gasteiger partial charge in [0.2, 0.25) is 5.91 Å². The Morgan fingerprint density at radius 2 is 2.20 bits per heavy atom. The van der Waals surface area contributed by atoms with Crippen molar-refractivity contribution in [3.63, 3.8) is 0 Å². The van der Waals surface area contributed by atoms with E-state index in [0.717, 1.165) is 12.8 Å². The summed E-state index contributed by atoms with van der Waals surface area (Å²) in [6.07, 6.45) is 5.42. The maximum atomic E-state index is 12.7. The van der Waals surface area contributed by atoms with Crippen LogP contribution in [0.15, 0.2) is 24.3 Å². The predicted octanol–water partition coefficient (Wildman–Crippen LogP) is 3.18. The van der Waals surface area contributed by atoms with Crippen LogP contribution in [0.1, 0.15) is 31.7 Å². The molecule has 0 aromatic heterocycles. The molecule has 0 N–H and O–H groups in total. The highest BCUT2D eigenvalue weighted by Crippen LogP contribution is 2.24. The number of sulfone groups is 1. The van der Waals surface area contributed by atoms with E-state index in [-0.39, 0.29) is 23.5 Å². The van der Waals surface area contributed by atoms with E-state index in [1.165, 1.54) is 6.08 Å². The van der Waals surface area contributed by atoms with Crippen LogP contribution in [0.2, 0.25) is 5.02 Å². The number of nitrogens with zero attached hydrogens (tertiary/aromatic N) is 1. The fraction of sp³-hybridized carbons (Fsp3) is 0.500. The van der Waals surface area contributed by atoms with Gasteiger partial charge in [-0.25, -0.2) is 8.42 Å². The maximum absolute atomic E-state index is 12.7.